The smallest absolute Gasteiger partial charge is 0.305 e. The van der Waals surface area contributed by atoms with Crippen LogP contribution in [0, 0.1) is 11.8 Å². The second-order valence-corrected chi connectivity index (χ2v) is 17.8. The molecular formula is C58H132O3. The highest BCUT2D eigenvalue weighted by Crippen LogP contribution is 2.20. The van der Waals surface area contributed by atoms with Crippen molar-refractivity contribution in [1.82, 2.24) is 0 Å². The van der Waals surface area contributed by atoms with Gasteiger partial charge in [-0.3, -0.25) is 4.79 Å². The molecule has 1 atom stereocenters. The van der Waals surface area contributed by atoms with Gasteiger partial charge in [0.25, 0.3) is 0 Å². The molecule has 0 aromatic heterocycles. The fraction of sp³-hybridized carbons (Fsp3) is 0.983. The first-order valence-electron chi connectivity index (χ1n) is 28.0. The summed E-state index contributed by atoms with van der Waals surface area (Å²) in [5.41, 5.74) is 0. The standard InChI is InChI=1S/C29H58O2.C9H20.6C3H8.C2H6O/c1-4-7-10-13-15-17-20-23-26-29(30)31-27-28(24-21-18-12-9-6-3)25-22-19-16-14-11-8-5-2;1-4-5-6-7-8-9(2)3;7*1-3-2/h28H,4-27H2,1-3H3;9H,4-8H2,1-3H3;6*3H2,1-2H3;1-2H3. The van der Waals surface area contributed by atoms with E-state index < -0.39 is 0 Å². The molecule has 0 radical (unpaired) electrons. The number of ether oxygens (including phenoxy) is 2. The van der Waals surface area contributed by atoms with Gasteiger partial charge in [-0.25, -0.2) is 0 Å². The van der Waals surface area contributed by atoms with Crippen LogP contribution in [-0.2, 0) is 14.3 Å². The molecule has 3 nitrogen and oxygen atoms in total. The predicted octanol–water partition coefficient (Wildman–Crippen LogP) is 22.6. The maximum absolute atomic E-state index is 12.2. The Bertz CT molecular complexity index is 542. The zero-order valence-corrected chi connectivity index (χ0v) is 47.6. The number of carbonyl (C=O) groups excluding carboxylic acids is 1. The molecule has 0 N–H and O–H groups in total. The van der Waals surface area contributed by atoms with Crippen LogP contribution < -0.4 is 0 Å². The van der Waals surface area contributed by atoms with Gasteiger partial charge in [-0.15, -0.1) is 0 Å². The van der Waals surface area contributed by atoms with Crippen molar-refractivity contribution in [2.75, 3.05) is 20.8 Å². The Morgan fingerprint density at radius 1 is 0.344 bits per heavy atom. The van der Waals surface area contributed by atoms with Gasteiger partial charge < -0.3 is 9.47 Å². The number of hydrogen-bond acceptors (Lipinski definition) is 3. The first kappa shape index (κ1) is 80.7. The number of methoxy groups -OCH3 is 1. The normalized spacial score (nSPS) is 9.85. The third kappa shape index (κ3) is 148. The van der Waals surface area contributed by atoms with Crippen molar-refractivity contribution in [3.05, 3.63) is 0 Å². The molecule has 0 bridgehead atoms. The lowest BCUT2D eigenvalue weighted by molar-refractivity contribution is -0.145. The van der Waals surface area contributed by atoms with Crippen molar-refractivity contribution < 1.29 is 14.3 Å². The summed E-state index contributed by atoms with van der Waals surface area (Å²) < 4.78 is 9.96. The van der Waals surface area contributed by atoms with E-state index in [1.165, 1.54) is 205 Å². The maximum Gasteiger partial charge on any atom is 0.305 e. The van der Waals surface area contributed by atoms with E-state index in [0.717, 1.165) is 12.3 Å². The average molecular weight is 878 g/mol. The van der Waals surface area contributed by atoms with Crippen molar-refractivity contribution in [3.8, 4) is 0 Å². The molecule has 0 aliphatic rings. The van der Waals surface area contributed by atoms with E-state index in [4.69, 9.17) is 4.74 Å². The van der Waals surface area contributed by atoms with Gasteiger partial charge in [-0.05, 0) is 31.1 Å². The van der Waals surface area contributed by atoms with Gasteiger partial charge in [-0.1, -0.05) is 317 Å². The van der Waals surface area contributed by atoms with Crippen LogP contribution in [0.5, 0.6) is 0 Å². The van der Waals surface area contributed by atoms with Crippen LogP contribution >= 0.6 is 0 Å². The van der Waals surface area contributed by atoms with Crippen LogP contribution in [0.4, 0.5) is 0 Å². The van der Waals surface area contributed by atoms with Crippen molar-refractivity contribution in [2.24, 2.45) is 11.8 Å². The molecule has 0 fully saturated rings. The minimum Gasteiger partial charge on any atom is -0.465 e. The first-order chi connectivity index (χ1) is 29.4. The molecule has 0 saturated carbocycles. The molecule has 382 valence electrons. The minimum absolute atomic E-state index is 0.0431. The highest BCUT2D eigenvalue weighted by Gasteiger charge is 2.12. The quantitative estimate of drug-likeness (QED) is 0.0533. The van der Waals surface area contributed by atoms with Gasteiger partial charge in [0, 0.05) is 20.6 Å². The monoisotopic (exact) mass is 877 g/mol. The zero-order chi connectivity index (χ0) is 48.9. The van der Waals surface area contributed by atoms with E-state index in [0.29, 0.717) is 18.9 Å². The molecule has 1 unspecified atom stereocenters. The third-order valence-electron chi connectivity index (χ3n) is 8.28. The van der Waals surface area contributed by atoms with Crippen LogP contribution in [-0.4, -0.2) is 26.8 Å². The van der Waals surface area contributed by atoms with E-state index in [9.17, 15) is 4.79 Å². The number of carbonyl (C=O) groups is 1. The zero-order valence-electron chi connectivity index (χ0n) is 47.6. The topological polar surface area (TPSA) is 35.5 Å². The molecule has 0 rings (SSSR count). The third-order valence-corrected chi connectivity index (χ3v) is 8.28. The summed E-state index contributed by atoms with van der Waals surface area (Å²) in [5, 5.41) is 0. The van der Waals surface area contributed by atoms with Gasteiger partial charge in [-0.2, -0.15) is 0 Å². The average Bonchev–Trinajstić information content (AvgIpc) is 3.21. The Morgan fingerprint density at radius 2 is 0.557 bits per heavy atom. The predicted molar refractivity (Wildman–Crippen MR) is 290 cm³/mol. The molecule has 0 aromatic rings. The number of unbranched alkanes of at least 4 members (excludes halogenated alkanes) is 20. The maximum atomic E-state index is 12.2. The van der Waals surface area contributed by atoms with Gasteiger partial charge >= 0.3 is 5.97 Å². The Kier molecular flexibility index (Phi) is 130. The van der Waals surface area contributed by atoms with E-state index in [1.807, 2.05) is 0 Å². The largest absolute Gasteiger partial charge is 0.465 e. The van der Waals surface area contributed by atoms with E-state index in [-0.39, 0.29) is 5.97 Å². The molecule has 0 aliphatic carbocycles. The summed E-state index contributed by atoms with van der Waals surface area (Å²) in [5.74, 6) is 1.53. The first-order valence-corrected chi connectivity index (χ1v) is 28.0. The summed E-state index contributed by atoms with van der Waals surface area (Å²) in [6.07, 6.45) is 44.1. The SMILES string of the molecule is CCC.CCC.CCC.CCC.CCC.CCC.CCCCCCC(C)C.CCCCCCCCCCC(=O)OCC(CCCCCCC)CCCCCCCCC.COC. The molecule has 3 heteroatoms. The van der Waals surface area contributed by atoms with Crippen molar-refractivity contribution in [2.45, 2.75) is 343 Å². The van der Waals surface area contributed by atoms with E-state index >= 15 is 0 Å². The lowest BCUT2D eigenvalue weighted by Gasteiger charge is -2.17. The Morgan fingerprint density at radius 3 is 0.820 bits per heavy atom. The lowest BCUT2D eigenvalue weighted by Crippen LogP contribution is -2.14. The van der Waals surface area contributed by atoms with Gasteiger partial charge in [0.1, 0.15) is 0 Å². The summed E-state index contributed by atoms with van der Waals surface area (Å²) in [6.45, 7) is 39.8. The van der Waals surface area contributed by atoms with Crippen molar-refractivity contribution in [3.63, 3.8) is 0 Å². The fourth-order valence-corrected chi connectivity index (χ4v) is 5.40. The van der Waals surface area contributed by atoms with Gasteiger partial charge in [0.2, 0.25) is 0 Å². The molecule has 0 aromatic carbocycles. The van der Waals surface area contributed by atoms with Crippen LogP contribution in [0.3, 0.4) is 0 Å². The molecule has 0 aliphatic heterocycles. The Labute approximate surface area is 394 Å². The number of hydrogen-bond donors (Lipinski definition) is 0. The van der Waals surface area contributed by atoms with Gasteiger partial charge in [0.15, 0.2) is 0 Å². The summed E-state index contributed by atoms with van der Waals surface area (Å²) in [7, 11) is 3.25. The number of rotatable bonds is 30. The lowest BCUT2D eigenvalue weighted by atomic mass is 9.95. The van der Waals surface area contributed by atoms with Crippen LogP contribution in [0.1, 0.15) is 343 Å². The van der Waals surface area contributed by atoms with Crippen LogP contribution in [0.25, 0.3) is 0 Å². The Balaban J connectivity index is -0.000000104. The summed E-state index contributed by atoms with van der Waals surface area (Å²) in [4.78, 5) is 12.2. The highest BCUT2D eigenvalue weighted by atomic mass is 16.5. The van der Waals surface area contributed by atoms with Crippen molar-refractivity contribution in [1.29, 1.82) is 0 Å². The minimum atomic E-state index is 0.0431. The Hall–Kier alpha value is -0.570. The van der Waals surface area contributed by atoms with E-state index in [1.54, 1.807) is 14.2 Å². The molecule has 61 heavy (non-hydrogen) atoms. The number of esters is 1. The van der Waals surface area contributed by atoms with Crippen LogP contribution in [0.15, 0.2) is 0 Å². The highest BCUT2D eigenvalue weighted by molar-refractivity contribution is 5.69. The summed E-state index contributed by atoms with van der Waals surface area (Å²) in [6, 6.07) is 0. The second-order valence-electron chi connectivity index (χ2n) is 17.8. The van der Waals surface area contributed by atoms with Crippen molar-refractivity contribution >= 4 is 5.97 Å². The second kappa shape index (κ2) is 98.3. The fourth-order valence-electron chi connectivity index (χ4n) is 5.40. The molecule has 0 amide bonds. The molecule has 0 saturated heterocycles. The molecule has 0 heterocycles. The van der Waals surface area contributed by atoms with Gasteiger partial charge in [0.05, 0.1) is 6.61 Å². The van der Waals surface area contributed by atoms with E-state index in [2.05, 4.69) is 129 Å². The van der Waals surface area contributed by atoms with Crippen LogP contribution in [0.2, 0.25) is 0 Å². The summed E-state index contributed by atoms with van der Waals surface area (Å²) >= 11 is 0. The molecular weight excluding hydrogens is 745 g/mol. The molecule has 0 spiro atoms.